The second kappa shape index (κ2) is 9.77. The smallest absolute Gasteiger partial charge is 0.0152 e. The highest BCUT2D eigenvalue weighted by Gasteiger charge is 2.40. The predicted octanol–water partition coefficient (Wildman–Crippen LogP) is 11.8. The van der Waals surface area contributed by atoms with Gasteiger partial charge < -0.3 is 0 Å². The van der Waals surface area contributed by atoms with E-state index in [9.17, 15) is 0 Å². The van der Waals surface area contributed by atoms with Crippen LogP contribution in [0.4, 0.5) is 0 Å². The monoisotopic (exact) mass is 533 g/mol. The lowest BCUT2D eigenvalue weighted by atomic mass is 9.61. The summed E-state index contributed by atoms with van der Waals surface area (Å²) in [5, 5.41) is 0. The van der Waals surface area contributed by atoms with Crippen LogP contribution in [0, 0.1) is 0 Å². The zero-order valence-electron chi connectivity index (χ0n) is 29.8. The van der Waals surface area contributed by atoms with E-state index in [1.165, 1.54) is 44.5 Å². The Morgan fingerprint density at radius 2 is 0.590 bits per heavy atom. The first-order valence-corrected chi connectivity index (χ1v) is 15.3. The van der Waals surface area contributed by atoms with Crippen molar-refractivity contribution in [3.8, 4) is 0 Å². The van der Waals surface area contributed by atoms with Gasteiger partial charge in [0.15, 0.2) is 0 Å². The average Bonchev–Trinajstić information content (AvgIpc) is 2.67. The molecular weight excluding hydrogens is 468 g/mol. The minimum Gasteiger partial charge on any atom is -0.0579 e. The van der Waals surface area contributed by atoms with E-state index < -0.39 is 0 Å². The van der Waals surface area contributed by atoms with Crippen LogP contribution in [0.5, 0.6) is 0 Å². The van der Waals surface area contributed by atoms with Gasteiger partial charge in [0, 0.05) is 5.41 Å². The van der Waals surface area contributed by atoms with Crippen LogP contribution >= 0.6 is 0 Å². The Morgan fingerprint density at radius 3 is 0.846 bits per heavy atom. The van der Waals surface area contributed by atoms with E-state index in [2.05, 4.69) is 163 Å². The lowest BCUT2D eigenvalue weighted by Gasteiger charge is -2.43. The summed E-state index contributed by atoms with van der Waals surface area (Å²) in [6, 6.07) is 10.0. The number of hydrogen-bond donors (Lipinski definition) is 0. The van der Waals surface area contributed by atoms with Crippen molar-refractivity contribution >= 4 is 0 Å². The molecule has 0 aliphatic rings. The summed E-state index contributed by atoms with van der Waals surface area (Å²) in [6.07, 6.45) is 0. The molecule has 0 heterocycles. The molecule has 0 atom stereocenters. The van der Waals surface area contributed by atoms with E-state index in [0.717, 1.165) is 0 Å². The van der Waals surface area contributed by atoms with Crippen LogP contribution in [-0.4, -0.2) is 0 Å². The topological polar surface area (TPSA) is 0 Å². The predicted molar refractivity (Wildman–Crippen MR) is 177 cm³/mol. The van der Waals surface area contributed by atoms with Crippen LogP contribution in [0.25, 0.3) is 0 Å². The second-order valence-electron chi connectivity index (χ2n) is 19.0. The fourth-order valence-corrected chi connectivity index (χ4v) is 6.42. The molecule has 0 fully saturated rings. The molecule has 0 aliphatic heterocycles. The fourth-order valence-electron chi connectivity index (χ4n) is 6.42. The van der Waals surface area contributed by atoms with Crippen LogP contribution in [-0.2, 0) is 37.9 Å². The van der Waals surface area contributed by atoms with Crippen molar-refractivity contribution in [2.24, 2.45) is 0 Å². The summed E-state index contributed by atoms with van der Waals surface area (Å²) in [5.41, 5.74) is 12.0. The zero-order valence-corrected chi connectivity index (χ0v) is 29.8. The van der Waals surface area contributed by atoms with Gasteiger partial charge in [-0.05, 0) is 77.0 Å². The molecule has 2 rings (SSSR count). The molecule has 0 saturated carbocycles. The second-order valence-corrected chi connectivity index (χ2v) is 19.0. The zero-order chi connectivity index (χ0) is 30.9. The van der Waals surface area contributed by atoms with Gasteiger partial charge in [-0.1, -0.05) is 163 Å². The van der Waals surface area contributed by atoms with Gasteiger partial charge in [0.25, 0.3) is 0 Å². The Bertz CT molecular complexity index is 1150. The van der Waals surface area contributed by atoms with Gasteiger partial charge in [-0.15, -0.1) is 0 Å². The highest BCUT2D eigenvalue weighted by atomic mass is 14.4. The van der Waals surface area contributed by atoms with E-state index in [1.807, 2.05) is 0 Å². The maximum absolute atomic E-state index is 2.58. The van der Waals surface area contributed by atoms with E-state index >= 15 is 0 Å². The third-order valence-corrected chi connectivity index (χ3v) is 8.42. The molecule has 39 heavy (non-hydrogen) atoms. The van der Waals surface area contributed by atoms with Crippen molar-refractivity contribution in [3.63, 3.8) is 0 Å². The van der Waals surface area contributed by atoms with Gasteiger partial charge in [-0.2, -0.15) is 0 Å². The maximum Gasteiger partial charge on any atom is 0.0152 e. The minimum atomic E-state index is -0.178. The fraction of sp³-hybridized carbons (Fsp3) is 0.692. The molecule has 0 N–H and O–H groups in total. The van der Waals surface area contributed by atoms with Gasteiger partial charge >= 0.3 is 0 Å². The Labute approximate surface area is 244 Å². The van der Waals surface area contributed by atoms with E-state index in [0.29, 0.717) is 0 Å². The number of rotatable bonds is 2. The lowest BCUT2D eigenvalue weighted by Crippen LogP contribution is -2.35. The summed E-state index contributed by atoms with van der Waals surface area (Å²) in [7, 11) is 0. The average molecular weight is 533 g/mol. The number of hydrogen-bond acceptors (Lipinski definition) is 0. The summed E-state index contributed by atoms with van der Waals surface area (Å²) in [4.78, 5) is 0. The molecule has 0 bridgehead atoms. The summed E-state index contributed by atoms with van der Waals surface area (Å²) in [5.74, 6) is 0. The molecular formula is C39H64. The molecule has 0 spiro atoms. The molecule has 0 aromatic heterocycles. The van der Waals surface area contributed by atoms with Crippen molar-refractivity contribution < 1.29 is 0 Å². The molecule has 0 amide bonds. The molecule has 0 radical (unpaired) electrons. The Balaban J connectivity index is 3.29. The summed E-state index contributed by atoms with van der Waals surface area (Å²) >= 11 is 0. The van der Waals surface area contributed by atoms with E-state index in [-0.39, 0.29) is 37.9 Å². The lowest BCUT2D eigenvalue weighted by molar-refractivity contribution is 0.479. The number of benzene rings is 2. The molecule has 0 aliphatic carbocycles. The highest BCUT2D eigenvalue weighted by Crippen LogP contribution is 2.50. The van der Waals surface area contributed by atoms with Gasteiger partial charge in [-0.25, -0.2) is 0 Å². The molecule has 2 aromatic carbocycles. The van der Waals surface area contributed by atoms with Crippen LogP contribution in [0.2, 0.25) is 0 Å². The minimum absolute atomic E-state index is 0.0154. The van der Waals surface area contributed by atoms with Crippen LogP contribution < -0.4 is 0 Å². The standard InChI is InChI=1S/C39H64/c1-33(2,3)26-21-22-27(34(4,5)6)32(31(26)38(16,17)18)39(19,20)25-23-28(35(7,8)9)30(37(13,14)15)29(24-25)36(10,11)12/h21-24H,1-20H3. The van der Waals surface area contributed by atoms with Gasteiger partial charge in [-0.3, -0.25) is 0 Å². The molecule has 0 saturated heterocycles. The summed E-state index contributed by atoms with van der Waals surface area (Å²) in [6.45, 7) is 48.0. The SMILES string of the molecule is CC(C)(C)c1cc(C(C)(C)c2c(C(C)(C)C)ccc(C(C)(C)C)c2C(C)(C)C)cc(C(C)(C)C)c1C(C)(C)C. The first-order chi connectivity index (χ1) is 16.9. The first kappa shape index (κ1) is 33.6. The molecule has 0 heteroatoms. The van der Waals surface area contributed by atoms with Crippen molar-refractivity contribution in [2.75, 3.05) is 0 Å². The van der Waals surface area contributed by atoms with Gasteiger partial charge in [0.2, 0.25) is 0 Å². The third-order valence-electron chi connectivity index (χ3n) is 8.42. The third kappa shape index (κ3) is 6.85. The van der Waals surface area contributed by atoms with Crippen molar-refractivity contribution in [3.05, 3.63) is 68.8 Å². The Hall–Kier alpha value is -1.56. The molecule has 220 valence electrons. The molecule has 0 unspecified atom stereocenters. The van der Waals surface area contributed by atoms with Crippen LogP contribution in [0.1, 0.15) is 183 Å². The quantitative estimate of drug-likeness (QED) is 0.361. The van der Waals surface area contributed by atoms with E-state index in [1.54, 1.807) is 0 Å². The normalized spacial score (nSPS) is 14.7. The maximum atomic E-state index is 2.58. The Morgan fingerprint density at radius 1 is 0.308 bits per heavy atom. The largest absolute Gasteiger partial charge is 0.0579 e. The van der Waals surface area contributed by atoms with Crippen molar-refractivity contribution in [1.29, 1.82) is 0 Å². The van der Waals surface area contributed by atoms with Gasteiger partial charge in [0.1, 0.15) is 0 Å². The molecule has 0 nitrogen and oxygen atoms in total. The Kier molecular flexibility index (Phi) is 8.43. The first-order valence-electron chi connectivity index (χ1n) is 15.3. The van der Waals surface area contributed by atoms with Crippen molar-refractivity contribution in [1.82, 2.24) is 0 Å². The molecule has 2 aromatic rings. The van der Waals surface area contributed by atoms with Gasteiger partial charge in [0.05, 0.1) is 0 Å². The summed E-state index contributed by atoms with van der Waals surface area (Å²) < 4.78 is 0. The van der Waals surface area contributed by atoms with Crippen LogP contribution in [0.15, 0.2) is 24.3 Å². The van der Waals surface area contributed by atoms with E-state index in [4.69, 9.17) is 0 Å². The van der Waals surface area contributed by atoms with Crippen LogP contribution in [0.3, 0.4) is 0 Å². The van der Waals surface area contributed by atoms with Crippen molar-refractivity contribution in [2.45, 2.75) is 176 Å². The highest BCUT2D eigenvalue weighted by molar-refractivity contribution is 5.59.